The molecule has 200 valence electrons. The Labute approximate surface area is 208 Å². The molecule has 10 nitrogen and oxygen atoms in total. The molecule has 0 bridgehead atoms. The molecule has 0 fully saturated rings. The maximum Gasteiger partial charge on any atom is 0.326 e. The number of hydrogen-bond acceptors (Lipinski definition) is 6. The molecule has 0 aromatic heterocycles. The molecular formula is C25H43N3O7. The van der Waals surface area contributed by atoms with Crippen LogP contribution in [0.2, 0.25) is 0 Å². The summed E-state index contributed by atoms with van der Waals surface area (Å²) in [5.74, 6) is -4.70. The Morgan fingerprint density at radius 2 is 1.46 bits per heavy atom. The van der Waals surface area contributed by atoms with Gasteiger partial charge in [-0.15, -0.1) is 6.58 Å². The van der Waals surface area contributed by atoms with Crippen LogP contribution in [0.1, 0.15) is 68.2 Å². The van der Waals surface area contributed by atoms with Crippen molar-refractivity contribution in [3.63, 3.8) is 0 Å². The lowest BCUT2D eigenvalue weighted by atomic mass is 9.92. The van der Waals surface area contributed by atoms with Crippen molar-refractivity contribution in [1.29, 1.82) is 0 Å². The van der Waals surface area contributed by atoms with E-state index in [1.807, 2.05) is 27.7 Å². The lowest BCUT2D eigenvalue weighted by molar-refractivity contribution is -0.157. The Kier molecular flexibility index (Phi) is 13.9. The Balaban J connectivity index is 5.81. The van der Waals surface area contributed by atoms with Crippen LogP contribution in [0.3, 0.4) is 0 Å². The van der Waals surface area contributed by atoms with E-state index in [0.717, 1.165) is 0 Å². The second kappa shape index (κ2) is 15.2. The number of nitrogens with one attached hydrogen (secondary N) is 3. The zero-order chi connectivity index (χ0) is 27.5. The summed E-state index contributed by atoms with van der Waals surface area (Å²) in [5, 5.41) is 17.0. The van der Waals surface area contributed by atoms with Crippen LogP contribution in [0.25, 0.3) is 0 Å². The van der Waals surface area contributed by atoms with E-state index in [9.17, 15) is 29.1 Å². The molecule has 10 heteroatoms. The third-order valence-corrected chi connectivity index (χ3v) is 5.73. The van der Waals surface area contributed by atoms with Crippen molar-refractivity contribution in [2.45, 2.75) is 92.5 Å². The molecule has 3 amide bonds. The van der Waals surface area contributed by atoms with Crippen LogP contribution in [0, 0.1) is 23.7 Å². The zero-order valence-electron chi connectivity index (χ0n) is 22.2. The fourth-order valence-corrected chi connectivity index (χ4v) is 3.22. The van der Waals surface area contributed by atoms with Crippen LogP contribution < -0.4 is 16.0 Å². The van der Waals surface area contributed by atoms with E-state index in [0.29, 0.717) is 6.42 Å². The van der Waals surface area contributed by atoms with Crippen LogP contribution in [-0.4, -0.2) is 59.0 Å². The number of esters is 1. The quantitative estimate of drug-likeness (QED) is 0.200. The van der Waals surface area contributed by atoms with E-state index in [4.69, 9.17) is 4.74 Å². The molecule has 0 spiro atoms. The van der Waals surface area contributed by atoms with Gasteiger partial charge < -0.3 is 25.8 Å². The topological polar surface area (TPSA) is 151 Å². The molecule has 0 rings (SSSR count). The highest BCUT2D eigenvalue weighted by Gasteiger charge is 2.35. The third-order valence-electron chi connectivity index (χ3n) is 5.73. The molecule has 0 aromatic carbocycles. The molecule has 0 aliphatic rings. The van der Waals surface area contributed by atoms with Crippen LogP contribution >= 0.6 is 0 Å². The van der Waals surface area contributed by atoms with Gasteiger partial charge in [0.15, 0.2) is 0 Å². The minimum absolute atomic E-state index is 0.0187. The van der Waals surface area contributed by atoms with Gasteiger partial charge in [0.1, 0.15) is 24.2 Å². The molecule has 35 heavy (non-hydrogen) atoms. The average Bonchev–Trinajstić information content (AvgIpc) is 2.75. The van der Waals surface area contributed by atoms with Crippen molar-refractivity contribution in [1.82, 2.24) is 16.0 Å². The van der Waals surface area contributed by atoms with E-state index in [1.165, 1.54) is 19.9 Å². The normalized spacial score (nSPS) is 16.3. The Morgan fingerprint density at radius 1 is 0.886 bits per heavy atom. The SMILES string of the molecule is C=CC(C(=O)OC(C)C(NC(=O)C(C)NC(=O)C(C)C)C(=O)NC(CC(C)C)C(=O)O)C(C)CC. The summed E-state index contributed by atoms with van der Waals surface area (Å²) < 4.78 is 5.51. The second-order valence-electron chi connectivity index (χ2n) is 9.69. The van der Waals surface area contributed by atoms with Crippen molar-refractivity contribution >= 4 is 29.7 Å². The number of carbonyl (C=O) groups is 5. The fraction of sp³-hybridized carbons (Fsp3) is 0.720. The van der Waals surface area contributed by atoms with Crippen molar-refractivity contribution in [2.75, 3.05) is 0 Å². The first-order chi connectivity index (χ1) is 16.2. The van der Waals surface area contributed by atoms with Crippen molar-refractivity contribution in [3.8, 4) is 0 Å². The first-order valence-electron chi connectivity index (χ1n) is 12.1. The van der Waals surface area contributed by atoms with Crippen LogP contribution in [0.4, 0.5) is 0 Å². The summed E-state index contributed by atoms with van der Waals surface area (Å²) in [7, 11) is 0. The van der Waals surface area contributed by atoms with Gasteiger partial charge >= 0.3 is 11.9 Å². The minimum Gasteiger partial charge on any atom is -0.480 e. The fourth-order valence-electron chi connectivity index (χ4n) is 3.22. The monoisotopic (exact) mass is 497 g/mol. The minimum atomic E-state index is -1.39. The highest BCUT2D eigenvalue weighted by molar-refractivity contribution is 5.94. The van der Waals surface area contributed by atoms with Gasteiger partial charge in [-0.25, -0.2) is 4.79 Å². The van der Waals surface area contributed by atoms with E-state index >= 15 is 0 Å². The van der Waals surface area contributed by atoms with E-state index in [1.54, 1.807) is 13.8 Å². The summed E-state index contributed by atoms with van der Waals surface area (Å²) in [6.07, 6.45) is 1.22. The molecule has 4 N–H and O–H groups in total. The van der Waals surface area contributed by atoms with E-state index in [2.05, 4.69) is 22.5 Å². The van der Waals surface area contributed by atoms with Gasteiger partial charge in [0.2, 0.25) is 17.7 Å². The maximum absolute atomic E-state index is 13.1. The van der Waals surface area contributed by atoms with Crippen LogP contribution in [0.15, 0.2) is 12.7 Å². The number of amides is 3. The number of rotatable bonds is 15. The standard InChI is InChI=1S/C25H43N3O7/c1-10-15(7)18(11-2)25(34)35-17(9)20(23(31)27-19(24(32)33)12-13(3)4)28-22(30)16(8)26-21(29)14(5)6/h11,13-20H,2,10,12H2,1,3-9H3,(H,26,29)(H,27,31)(H,28,30)(H,32,33). The summed E-state index contributed by atoms with van der Waals surface area (Å²) >= 11 is 0. The van der Waals surface area contributed by atoms with Crippen LogP contribution in [0.5, 0.6) is 0 Å². The lowest BCUT2D eigenvalue weighted by Gasteiger charge is -2.29. The molecule has 6 atom stereocenters. The number of carboxylic acid groups (broad SMARTS) is 1. The van der Waals surface area contributed by atoms with Gasteiger partial charge in [-0.1, -0.05) is 54.0 Å². The Morgan fingerprint density at radius 3 is 1.89 bits per heavy atom. The zero-order valence-corrected chi connectivity index (χ0v) is 22.2. The number of aliphatic carboxylic acids is 1. The first kappa shape index (κ1) is 32.1. The van der Waals surface area contributed by atoms with Crippen molar-refractivity contribution in [2.24, 2.45) is 23.7 Å². The average molecular weight is 498 g/mol. The summed E-state index contributed by atoms with van der Waals surface area (Å²) in [5.41, 5.74) is 0. The third kappa shape index (κ3) is 10.9. The Hall–Kier alpha value is -2.91. The molecule has 6 unspecified atom stereocenters. The second-order valence-corrected chi connectivity index (χ2v) is 9.69. The summed E-state index contributed by atoms with van der Waals surface area (Å²) in [6.45, 7) is 17.3. The molecular weight excluding hydrogens is 454 g/mol. The molecule has 0 saturated carbocycles. The van der Waals surface area contributed by atoms with Crippen molar-refractivity contribution < 1.29 is 33.8 Å². The Bertz CT molecular complexity index is 766. The van der Waals surface area contributed by atoms with Gasteiger partial charge in [0.05, 0.1) is 5.92 Å². The summed E-state index contributed by atoms with van der Waals surface area (Å²) in [6, 6.07) is -3.56. The molecule has 0 saturated heterocycles. The lowest BCUT2D eigenvalue weighted by Crippen LogP contribution is -2.59. The number of carboxylic acids is 1. The van der Waals surface area contributed by atoms with Gasteiger partial charge in [-0.2, -0.15) is 0 Å². The smallest absolute Gasteiger partial charge is 0.326 e. The highest BCUT2D eigenvalue weighted by Crippen LogP contribution is 2.19. The molecule has 0 radical (unpaired) electrons. The molecule has 0 aromatic rings. The maximum atomic E-state index is 13.1. The number of carbonyl (C=O) groups excluding carboxylic acids is 4. The van der Waals surface area contributed by atoms with Gasteiger partial charge in [0.25, 0.3) is 0 Å². The molecule has 0 aliphatic heterocycles. The predicted molar refractivity (Wildman–Crippen MR) is 132 cm³/mol. The van der Waals surface area contributed by atoms with Gasteiger partial charge in [0, 0.05) is 5.92 Å². The molecule has 0 heterocycles. The summed E-state index contributed by atoms with van der Waals surface area (Å²) in [4.78, 5) is 62.2. The highest BCUT2D eigenvalue weighted by atomic mass is 16.5. The van der Waals surface area contributed by atoms with E-state index in [-0.39, 0.29) is 30.1 Å². The van der Waals surface area contributed by atoms with E-state index < -0.39 is 53.9 Å². The number of ether oxygens (including phenoxy) is 1. The van der Waals surface area contributed by atoms with Gasteiger partial charge in [-0.05, 0) is 32.1 Å². The first-order valence-corrected chi connectivity index (χ1v) is 12.1. The molecule has 0 aliphatic carbocycles. The van der Waals surface area contributed by atoms with Crippen molar-refractivity contribution in [3.05, 3.63) is 12.7 Å². The predicted octanol–water partition coefficient (Wildman–Crippen LogP) is 2.03. The van der Waals surface area contributed by atoms with Gasteiger partial charge in [-0.3, -0.25) is 19.2 Å². The number of hydrogen-bond donors (Lipinski definition) is 4. The largest absolute Gasteiger partial charge is 0.480 e. The van der Waals surface area contributed by atoms with Crippen LogP contribution in [-0.2, 0) is 28.7 Å².